The third kappa shape index (κ3) is 3.80. The van der Waals surface area contributed by atoms with Gasteiger partial charge in [-0.05, 0) is 5.92 Å². The lowest BCUT2D eigenvalue weighted by molar-refractivity contribution is 0.0846. The highest BCUT2D eigenvalue weighted by molar-refractivity contribution is 5.17. The topological polar surface area (TPSA) is 84.0 Å². The molecule has 17 heavy (non-hydrogen) atoms. The van der Waals surface area contributed by atoms with Gasteiger partial charge in [-0.1, -0.05) is 19.1 Å². The van der Waals surface area contributed by atoms with E-state index in [4.69, 9.17) is 15.1 Å². The predicted molar refractivity (Wildman–Crippen MR) is 61.3 cm³/mol. The molecule has 94 valence electrons. The van der Waals surface area contributed by atoms with Crippen molar-refractivity contribution in [3.63, 3.8) is 0 Å². The first-order valence-electron chi connectivity index (χ1n) is 5.68. The molecule has 1 heterocycles. The normalized spacial score (nSPS) is 10.8. The number of hydrogen-bond acceptors (Lipinski definition) is 5. The average Bonchev–Trinajstić information content (AvgIpc) is 2.68. The summed E-state index contributed by atoms with van der Waals surface area (Å²) in [7, 11) is 0. The molecule has 0 spiro atoms. The lowest BCUT2D eigenvalue weighted by Gasteiger charge is -2.10. The second kappa shape index (κ2) is 6.99. The molecule has 0 amide bonds. The van der Waals surface area contributed by atoms with Gasteiger partial charge in [0, 0.05) is 0 Å². The van der Waals surface area contributed by atoms with Crippen molar-refractivity contribution < 1.29 is 9.84 Å². The summed E-state index contributed by atoms with van der Waals surface area (Å²) in [5.74, 6) is 0.270. The first kappa shape index (κ1) is 13.6. The van der Waals surface area contributed by atoms with E-state index in [9.17, 15) is 0 Å². The van der Waals surface area contributed by atoms with Crippen molar-refractivity contribution >= 4 is 0 Å². The van der Waals surface area contributed by atoms with Crippen molar-refractivity contribution in [2.24, 2.45) is 0 Å². The molecule has 0 atom stereocenters. The zero-order valence-corrected chi connectivity index (χ0v) is 10.3. The molecule has 0 bridgehead atoms. The summed E-state index contributed by atoms with van der Waals surface area (Å²) >= 11 is 0. The van der Waals surface area contributed by atoms with Crippen molar-refractivity contribution in [3.8, 4) is 6.07 Å². The molecule has 6 nitrogen and oxygen atoms in total. The third-order valence-corrected chi connectivity index (χ3v) is 2.32. The Bertz CT molecular complexity index is 381. The Morgan fingerprint density at radius 2 is 2.24 bits per heavy atom. The number of aliphatic hydroxyl groups excluding tert-OH is 1. The van der Waals surface area contributed by atoms with Gasteiger partial charge >= 0.3 is 0 Å². The molecule has 1 aromatic heterocycles. The van der Waals surface area contributed by atoms with Gasteiger partial charge in [0.15, 0.2) is 0 Å². The van der Waals surface area contributed by atoms with Crippen LogP contribution in [-0.2, 0) is 17.7 Å². The second-order valence-corrected chi connectivity index (χ2v) is 3.97. The van der Waals surface area contributed by atoms with Gasteiger partial charge in [0.05, 0.1) is 44.5 Å². The van der Waals surface area contributed by atoms with E-state index < -0.39 is 0 Å². The van der Waals surface area contributed by atoms with Gasteiger partial charge in [-0.3, -0.25) is 0 Å². The number of ether oxygens (including phenoxy) is 1. The molecule has 0 aliphatic rings. The zero-order valence-electron chi connectivity index (χ0n) is 10.3. The van der Waals surface area contributed by atoms with Gasteiger partial charge < -0.3 is 9.84 Å². The van der Waals surface area contributed by atoms with Gasteiger partial charge in [-0.2, -0.15) is 5.26 Å². The van der Waals surface area contributed by atoms with Crippen LogP contribution in [0.1, 0.15) is 31.2 Å². The Kier molecular flexibility index (Phi) is 5.60. The summed E-state index contributed by atoms with van der Waals surface area (Å²) in [4.78, 5) is 0. The first-order valence-corrected chi connectivity index (χ1v) is 5.68. The highest BCUT2D eigenvalue weighted by Crippen LogP contribution is 2.17. The summed E-state index contributed by atoms with van der Waals surface area (Å²) in [6.07, 6.45) is 0.283. The highest BCUT2D eigenvalue weighted by Gasteiger charge is 2.15. The maximum absolute atomic E-state index is 8.70. The molecule has 1 aromatic rings. The maximum atomic E-state index is 8.70. The summed E-state index contributed by atoms with van der Waals surface area (Å²) in [6, 6.07) is 2.09. The Labute approximate surface area is 101 Å². The standard InChI is InChI=1S/C11H18N4O2/c1-9(2)11-10(3-4-12)13-14-15(11)5-7-17-8-6-16/h9,16H,3,5-8H2,1-2H3. The fourth-order valence-corrected chi connectivity index (χ4v) is 1.67. The largest absolute Gasteiger partial charge is 0.394 e. The van der Waals surface area contributed by atoms with Crippen molar-refractivity contribution in [1.29, 1.82) is 5.26 Å². The quantitative estimate of drug-likeness (QED) is 0.698. The van der Waals surface area contributed by atoms with E-state index in [1.807, 2.05) is 13.8 Å². The Balaban J connectivity index is 2.68. The molecule has 0 aliphatic carbocycles. The molecule has 0 radical (unpaired) electrons. The van der Waals surface area contributed by atoms with Gasteiger partial charge in [-0.15, -0.1) is 5.10 Å². The molecule has 0 aromatic carbocycles. The Morgan fingerprint density at radius 1 is 1.47 bits per heavy atom. The van der Waals surface area contributed by atoms with Crippen molar-refractivity contribution in [1.82, 2.24) is 15.0 Å². The van der Waals surface area contributed by atoms with E-state index in [1.165, 1.54) is 0 Å². The number of hydrogen-bond donors (Lipinski definition) is 1. The van der Waals surface area contributed by atoms with Gasteiger partial charge in [0.1, 0.15) is 5.69 Å². The Hall–Kier alpha value is -1.45. The summed E-state index contributed by atoms with van der Waals surface area (Å²) in [5.41, 5.74) is 1.73. The van der Waals surface area contributed by atoms with Crippen LogP contribution in [-0.4, -0.2) is 39.9 Å². The Morgan fingerprint density at radius 3 is 2.82 bits per heavy atom. The van der Waals surface area contributed by atoms with Crippen LogP contribution in [0.2, 0.25) is 0 Å². The van der Waals surface area contributed by atoms with Gasteiger partial charge in [0.25, 0.3) is 0 Å². The predicted octanol–water partition coefficient (Wildman–Crippen LogP) is 0.476. The van der Waals surface area contributed by atoms with Gasteiger partial charge in [-0.25, -0.2) is 4.68 Å². The van der Waals surface area contributed by atoms with Crippen LogP contribution < -0.4 is 0 Å². The molecule has 1 N–H and O–H groups in total. The number of nitriles is 1. The lowest BCUT2D eigenvalue weighted by atomic mass is 10.1. The minimum absolute atomic E-state index is 0.0219. The summed E-state index contributed by atoms with van der Waals surface area (Å²) in [5, 5.41) is 25.3. The summed E-state index contributed by atoms with van der Waals surface area (Å²) in [6.45, 7) is 5.52. The van der Waals surface area contributed by atoms with E-state index in [0.717, 1.165) is 11.4 Å². The van der Waals surface area contributed by atoms with Gasteiger partial charge in [0.2, 0.25) is 0 Å². The fourth-order valence-electron chi connectivity index (χ4n) is 1.67. The minimum atomic E-state index is 0.0219. The smallest absolute Gasteiger partial charge is 0.100 e. The van der Waals surface area contributed by atoms with Crippen LogP contribution in [0.15, 0.2) is 0 Å². The van der Waals surface area contributed by atoms with Crippen LogP contribution in [0.5, 0.6) is 0 Å². The molecule has 0 saturated heterocycles. The second-order valence-electron chi connectivity index (χ2n) is 3.97. The zero-order chi connectivity index (χ0) is 12.7. The van der Waals surface area contributed by atoms with E-state index >= 15 is 0 Å². The van der Waals surface area contributed by atoms with Crippen molar-refractivity contribution in [2.75, 3.05) is 19.8 Å². The summed E-state index contributed by atoms with van der Waals surface area (Å²) < 4.78 is 6.96. The minimum Gasteiger partial charge on any atom is -0.394 e. The van der Waals surface area contributed by atoms with E-state index in [0.29, 0.717) is 19.8 Å². The first-order chi connectivity index (χ1) is 8.20. The van der Waals surface area contributed by atoms with Crippen LogP contribution in [0.25, 0.3) is 0 Å². The number of rotatable bonds is 7. The molecule has 0 aliphatic heterocycles. The van der Waals surface area contributed by atoms with Crippen molar-refractivity contribution in [2.45, 2.75) is 32.7 Å². The molecule has 0 saturated carbocycles. The molecule has 0 unspecified atom stereocenters. The fraction of sp³-hybridized carbons (Fsp3) is 0.727. The van der Waals surface area contributed by atoms with Crippen LogP contribution in [0, 0.1) is 11.3 Å². The molecular formula is C11H18N4O2. The molecule has 6 heteroatoms. The van der Waals surface area contributed by atoms with Crippen LogP contribution in [0.4, 0.5) is 0 Å². The molecule has 1 rings (SSSR count). The van der Waals surface area contributed by atoms with Crippen LogP contribution in [0.3, 0.4) is 0 Å². The maximum Gasteiger partial charge on any atom is 0.100 e. The number of aliphatic hydroxyl groups is 1. The van der Waals surface area contributed by atoms with E-state index in [1.54, 1.807) is 4.68 Å². The third-order valence-electron chi connectivity index (χ3n) is 2.32. The monoisotopic (exact) mass is 238 g/mol. The van der Waals surface area contributed by atoms with Crippen molar-refractivity contribution in [3.05, 3.63) is 11.4 Å². The molecular weight excluding hydrogens is 220 g/mol. The number of nitrogens with zero attached hydrogens (tertiary/aromatic N) is 4. The number of aromatic nitrogens is 3. The van der Waals surface area contributed by atoms with E-state index in [-0.39, 0.29) is 18.9 Å². The lowest BCUT2D eigenvalue weighted by Crippen LogP contribution is -2.13. The molecule has 0 fully saturated rings. The SMILES string of the molecule is CC(C)c1c(CC#N)nnn1CCOCCO. The van der Waals surface area contributed by atoms with E-state index in [2.05, 4.69) is 16.4 Å². The van der Waals surface area contributed by atoms with Crippen LogP contribution >= 0.6 is 0 Å². The highest BCUT2D eigenvalue weighted by atomic mass is 16.5. The average molecular weight is 238 g/mol.